The zero-order valence-corrected chi connectivity index (χ0v) is 12.1. The van der Waals surface area contributed by atoms with Gasteiger partial charge in [0.15, 0.2) is 6.10 Å². The molecule has 1 fully saturated rings. The molecule has 1 aliphatic rings. The molecule has 0 aliphatic heterocycles. The molecule has 1 atom stereocenters. The lowest BCUT2D eigenvalue weighted by Gasteiger charge is -2.10. The summed E-state index contributed by atoms with van der Waals surface area (Å²) in [7, 11) is 0. The van der Waals surface area contributed by atoms with Crippen LogP contribution < -0.4 is 10.1 Å². The number of hydrogen-bond acceptors (Lipinski definition) is 4. The molecule has 2 N–H and O–H groups in total. The van der Waals surface area contributed by atoms with Gasteiger partial charge in [0.2, 0.25) is 0 Å². The van der Waals surface area contributed by atoms with Gasteiger partial charge < -0.3 is 15.2 Å². The predicted octanol–water partition coefficient (Wildman–Crippen LogP) is 1.72. The second-order valence-corrected chi connectivity index (χ2v) is 5.09. The van der Waals surface area contributed by atoms with Gasteiger partial charge in [0, 0.05) is 6.04 Å². The summed E-state index contributed by atoms with van der Waals surface area (Å²) < 4.78 is 5.25. The number of carbonyl (C=O) groups is 2. The number of rotatable bonds is 6. The monoisotopic (exact) mass is 300 g/mol. The first-order valence-corrected chi connectivity index (χ1v) is 6.92. The first kappa shape index (κ1) is 15.6. The zero-order valence-electron chi connectivity index (χ0n) is 12.1. The Kier molecular flexibility index (Phi) is 4.79. The highest BCUT2D eigenvalue weighted by Crippen LogP contribution is 2.20. The second kappa shape index (κ2) is 6.76. The molecule has 0 spiro atoms. The molecule has 0 saturated heterocycles. The number of amides is 1. The summed E-state index contributed by atoms with van der Waals surface area (Å²) in [5, 5.41) is 20.7. The van der Waals surface area contributed by atoms with Gasteiger partial charge in [0.1, 0.15) is 17.4 Å². The normalized spacial score (nSPS) is 15.5. The third kappa shape index (κ3) is 4.35. The lowest BCUT2D eigenvalue weighted by Crippen LogP contribution is -2.26. The van der Waals surface area contributed by atoms with Crippen molar-refractivity contribution >= 4 is 18.0 Å². The summed E-state index contributed by atoms with van der Waals surface area (Å²) >= 11 is 0. The third-order valence-corrected chi connectivity index (χ3v) is 3.11. The number of hydrogen-bond donors (Lipinski definition) is 2. The molecule has 6 heteroatoms. The van der Waals surface area contributed by atoms with Gasteiger partial charge in [-0.1, -0.05) is 12.1 Å². The topological polar surface area (TPSA) is 99.4 Å². The number of benzene rings is 1. The van der Waals surface area contributed by atoms with E-state index in [0.717, 1.165) is 12.8 Å². The number of nitrogens with one attached hydrogen (secondary N) is 1. The van der Waals surface area contributed by atoms with Crippen molar-refractivity contribution in [1.82, 2.24) is 5.32 Å². The Balaban J connectivity index is 2.13. The standard InChI is InChI=1S/C16H16N2O4/c1-10(16(20)21)22-14-4-2-3-11(8-14)7-12(9-17)15(19)18-13-5-6-13/h2-4,7-8,10,13H,5-6H2,1H3,(H,18,19)(H,20,21)/b12-7-/t10-/m0/s1. The van der Waals surface area contributed by atoms with Crippen molar-refractivity contribution in [2.24, 2.45) is 0 Å². The molecule has 1 aromatic carbocycles. The van der Waals surface area contributed by atoms with E-state index in [1.807, 2.05) is 6.07 Å². The Morgan fingerprint density at radius 2 is 2.23 bits per heavy atom. The van der Waals surface area contributed by atoms with Gasteiger partial charge in [-0.25, -0.2) is 4.79 Å². The van der Waals surface area contributed by atoms with E-state index in [1.165, 1.54) is 13.0 Å². The smallest absolute Gasteiger partial charge is 0.344 e. The molecular formula is C16H16N2O4. The molecule has 2 rings (SSSR count). The largest absolute Gasteiger partial charge is 0.479 e. The van der Waals surface area contributed by atoms with Crippen molar-refractivity contribution in [3.63, 3.8) is 0 Å². The highest BCUT2D eigenvalue weighted by atomic mass is 16.5. The van der Waals surface area contributed by atoms with Crippen molar-refractivity contribution < 1.29 is 19.4 Å². The second-order valence-electron chi connectivity index (χ2n) is 5.09. The van der Waals surface area contributed by atoms with Crippen molar-refractivity contribution in [2.45, 2.75) is 31.9 Å². The molecule has 0 unspecified atom stereocenters. The maximum Gasteiger partial charge on any atom is 0.344 e. The van der Waals surface area contributed by atoms with E-state index in [-0.39, 0.29) is 11.6 Å². The SMILES string of the molecule is C[C@H](Oc1cccc(/C=C(/C#N)C(=O)NC2CC2)c1)C(=O)O. The van der Waals surface area contributed by atoms with Gasteiger partial charge in [-0.15, -0.1) is 0 Å². The summed E-state index contributed by atoms with van der Waals surface area (Å²) in [6.45, 7) is 1.43. The van der Waals surface area contributed by atoms with E-state index in [2.05, 4.69) is 5.32 Å². The first-order valence-electron chi connectivity index (χ1n) is 6.92. The van der Waals surface area contributed by atoms with Crippen LogP contribution in [0.3, 0.4) is 0 Å². The fourth-order valence-electron chi connectivity index (χ4n) is 1.74. The van der Waals surface area contributed by atoms with Crippen molar-refractivity contribution in [1.29, 1.82) is 5.26 Å². The number of aliphatic carboxylic acids is 1. The van der Waals surface area contributed by atoms with E-state index >= 15 is 0 Å². The average Bonchev–Trinajstić information content (AvgIpc) is 3.28. The van der Waals surface area contributed by atoms with Crippen LogP contribution in [0.15, 0.2) is 29.8 Å². The Bertz CT molecular complexity index is 656. The fraction of sp³-hybridized carbons (Fsp3) is 0.312. The van der Waals surface area contributed by atoms with Gasteiger partial charge in [-0.05, 0) is 43.5 Å². The van der Waals surface area contributed by atoms with Crippen LogP contribution in [0, 0.1) is 11.3 Å². The van der Waals surface area contributed by atoms with Gasteiger partial charge in [-0.2, -0.15) is 5.26 Å². The minimum Gasteiger partial charge on any atom is -0.479 e. The molecule has 114 valence electrons. The number of nitriles is 1. The summed E-state index contributed by atoms with van der Waals surface area (Å²) in [6, 6.07) is 8.63. The summed E-state index contributed by atoms with van der Waals surface area (Å²) in [6.07, 6.45) is 2.37. The van der Waals surface area contributed by atoms with E-state index in [1.54, 1.807) is 24.3 Å². The molecular weight excluding hydrogens is 284 g/mol. The average molecular weight is 300 g/mol. The fourth-order valence-corrected chi connectivity index (χ4v) is 1.74. The molecule has 1 saturated carbocycles. The van der Waals surface area contributed by atoms with Crippen LogP contribution in [-0.4, -0.2) is 29.1 Å². The Labute approximate surface area is 128 Å². The molecule has 6 nitrogen and oxygen atoms in total. The maximum atomic E-state index is 11.9. The first-order chi connectivity index (χ1) is 10.5. The highest BCUT2D eigenvalue weighted by molar-refractivity contribution is 6.02. The molecule has 0 aromatic heterocycles. The lowest BCUT2D eigenvalue weighted by molar-refractivity contribution is -0.144. The number of carboxylic acids is 1. The number of carboxylic acid groups (broad SMARTS) is 1. The van der Waals surface area contributed by atoms with Crippen molar-refractivity contribution in [3.8, 4) is 11.8 Å². The minimum absolute atomic E-state index is 0.00957. The number of carbonyl (C=O) groups excluding carboxylic acids is 1. The molecule has 22 heavy (non-hydrogen) atoms. The Hall–Kier alpha value is -2.81. The Morgan fingerprint density at radius 3 is 2.82 bits per heavy atom. The van der Waals surface area contributed by atoms with Gasteiger partial charge in [0.05, 0.1) is 0 Å². The zero-order chi connectivity index (χ0) is 16.1. The van der Waals surface area contributed by atoms with Crippen LogP contribution >= 0.6 is 0 Å². The molecule has 0 radical (unpaired) electrons. The quantitative estimate of drug-likeness (QED) is 0.615. The lowest BCUT2D eigenvalue weighted by atomic mass is 10.1. The number of nitrogens with zero attached hydrogens (tertiary/aromatic N) is 1. The number of ether oxygens (including phenoxy) is 1. The van der Waals surface area contributed by atoms with Crippen molar-refractivity contribution in [3.05, 3.63) is 35.4 Å². The van der Waals surface area contributed by atoms with Crippen LogP contribution in [0.25, 0.3) is 6.08 Å². The predicted molar refractivity (Wildman–Crippen MR) is 78.9 cm³/mol. The van der Waals surface area contributed by atoms with Crippen LogP contribution in [0.2, 0.25) is 0 Å². The van der Waals surface area contributed by atoms with Crippen LogP contribution in [0.5, 0.6) is 5.75 Å². The van der Waals surface area contributed by atoms with Crippen LogP contribution in [0.4, 0.5) is 0 Å². The van der Waals surface area contributed by atoms with Crippen molar-refractivity contribution in [2.75, 3.05) is 0 Å². The van der Waals surface area contributed by atoms with Gasteiger partial charge in [0.25, 0.3) is 5.91 Å². The van der Waals surface area contributed by atoms with Crippen LogP contribution in [0.1, 0.15) is 25.3 Å². The maximum absolute atomic E-state index is 11.9. The van der Waals surface area contributed by atoms with E-state index in [4.69, 9.17) is 15.1 Å². The van der Waals surface area contributed by atoms with Gasteiger partial charge in [-0.3, -0.25) is 4.79 Å². The molecule has 1 amide bonds. The molecule has 0 heterocycles. The molecule has 1 aromatic rings. The van der Waals surface area contributed by atoms with E-state index in [0.29, 0.717) is 11.3 Å². The summed E-state index contributed by atoms with van der Waals surface area (Å²) in [5.74, 6) is -1.10. The van der Waals surface area contributed by atoms with E-state index < -0.39 is 18.0 Å². The van der Waals surface area contributed by atoms with E-state index in [9.17, 15) is 9.59 Å². The third-order valence-electron chi connectivity index (χ3n) is 3.11. The summed E-state index contributed by atoms with van der Waals surface area (Å²) in [4.78, 5) is 22.6. The highest BCUT2D eigenvalue weighted by Gasteiger charge is 2.24. The van der Waals surface area contributed by atoms with Gasteiger partial charge >= 0.3 is 5.97 Å². The summed E-state index contributed by atoms with van der Waals surface area (Å²) in [5.41, 5.74) is 0.605. The Morgan fingerprint density at radius 1 is 1.50 bits per heavy atom. The molecule has 0 bridgehead atoms. The minimum atomic E-state index is -1.07. The van der Waals surface area contributed by atoms with Crippen LogP contribution in [-0.2, 0) is 9.59 Å². The molecule has 1 aliphatic carbocycles.